The van der Waals surface area contributed by atoms with E-state index in [0.29, 0.717) is 23.2 Å². The summed E-state index contributed by atoms with van der Waals surface area (Å²) in [6.45, 7) is 10.2. The van der Waals surface area contributed by atoms with Gasteiger partial charge in [-0.3, -0.25) is 9.63 Å². The molecule has 4 N–H and O–H groups in total. The van der Waals surface area contributed by atoms with Crippen molar-refractivity contribution in [3.05, 3.63) is 71.3 Å². The third-order valence-corrected chi connectivity index (χ3v) is 10.1. The molecule has 0 aromatic heterocycles. The Kier molecular flexibility index (Phi) is 8.35. The molecule has 7 nitrogen and oxygen atoms in total. The average molecular weight is 561 g/mol. The zero-order valence-electron chi connectivity index (χ0n) is 24.7. The Labute approximate surface area is 243 Å². The molecule has 41 heavy (non-hydrogen) atoms. The van der Waals surface area contributed by atoms with E-state index in [0.717, 1.165) is 23.1 Å². The molecule has 1 heterocycles. The van der Waals surface area contributed by atoms with Crippen LogP contribution >= 0.6 is 0 Å². The van der Waals surface area contributed by atoms with Crippen LogP contribution in [0.1, 0.15) is 64.2 Å². The van der Waals surface area contributed by atoms with Crippen molar-refractivity contribution in [1.29, 1.82) is 0 Å². The zero-order chi connectivity index (χ0) is 29.5. The van der Waals surface area contributed by atoms with E-state index in [-0.39, 0.29) is 25.1 Å². The van der Waals surface area contributed by atoms with Gasteiger partial charge in [0.1, 0.15) is 17.7 Å². The second-order valence-electron chi connectivity index (χ2n) is 13.1. The molecule has 9 atom stereocenters. The van der Waals surface area contributed by atoms with Gasteiger partial charge in [-0.15, -0.1) is 0 Å². The Morgan fingerprint density at radius 2 is 1.93 bits per heavy atom. The van der Waals surface area contributed by atoms with Gasteiger partial charge in [0.05, 0.1) is 19.3 Å². The van der Waals surface area contributed by atoms with E-state index in [2.05, 4.69) is 37.9 Å². The van der Waals surface area contributed by atoms with Crippen LogP contribution in [0, 0.1) is 40.9 Å². The van der Waals surface area contributed by atoms with Crippen LogP contribution in [0.15, 0.2) is 54.6 Å². The first kappa shape index (κ1) is 29.8. The molecule has 220 valence electrons. The van der Waals surface area contributed by atoms with Gasteiger partial charge in [-0.25, -0.2) is 0 Å². The highest BCUT2D eigenvalue weighted by Crippen LogP contribution is 2.61. The number of aliphatic hydroxyl groups is 3. The van der Waals surface area contributed by atoms with Crippen molar-refractivity contribution in [2.45, 2.75) is 83.9 Å². The van der Waals surface area contributed by atoms with Gasteiger partial charge < -0.3 is 20.6 Å². The lowest BCUT2D eigenvalue weighted by Gasteiger charge is -2.62. The molecule has 2 unspecified atom stereocenters. The fraction of sp³-hybridized carbons (Fsp3) is 0.559. The summed E-state index contributed by atoms with van der Waals surface area (Å²) < 4.78 is 0. The van der Waals surface area contributed by atoms with Gasteiger partial charge in [-0.1, -0.05) is 75.1 Å². The third-order valence-electron chi connectivity index (χ3n) is 10.1. The summed E-state index contributed by atoms with van der Waals surface area (Å²) in [6.07, 6.45) is 0.631. The predicted molar refractivity (Wildman–Crippen MR) is 157 cm³/mol. The van der Waals surface area contributed by atoms with Crippen LogP contribution in [-0.4, -0.2) is 57.2 Å². The Bertz CT molecular complexity index is 1300. The smallest absolute Gasteiger partial charge is 0.240 e. The molecule has 1 amide bonds. The molecular formula is C34H44N2O5. The lowest BCUT2D eigenvalue weighted by molar-refractivity contribution is -0.193. The molecule has 0 spiro atoms. The van der Waals surface area contributed by atoms with Crippen LogP contribution < -0.4 is 5.32 Å². The normalized spacial score (nSPS) is 32.6. The molecule has 4 fully saturated rings. The van der Waals surface area contributed by atoms with Gasteiger partial charge in [0.25, 0.3) is 0 Å². The topological polar surface area (TPSA) is 102 Å². The minimum Gasteiger partial charge on any atom is -0.396 e. The van der Waals surface area contributed by atoms with Crippen molar-refractivity contribution in [2.24, 2.45) is 29.1 Å². The van der Waals surface area contributed by atoms with Crippen LogP contribution in [0.2, 0.25) is 0 Å². The van der Waals surface area contributed by atoms with Crippen molar-refractivity contribution in [3.63, 3.8) is 0 Å². The molecule has 2 aromatic carbocycles. The molecule has 2 bridgehead atoms. The van der Waals surface area contributed by atoms with Crippen LogP contribution in [0.5, 0.6) is 0 Å². The lowest BCUT2D eigenvalue weighted by Crippen LogP contribution is -2.62. The van der Waals surface area contributed by atoms with E-state index in [1.165, 1.54) is 6.42 Å². The second-order valence-corrected chi connectivity index (χ2v) is 13.1. The molecule has 6 rings (SSSR count). The van der Waals surface area contributed by atoms with Crippen LogP contribution in [-0.2, 0) is 21.8 Å². The minimum atomic E-state index is -1.30. The standard InChI is InChI=1S/C34H44N2O5/c1-21-28-17-26(33(28,3)4)18-29(21)35-32(39)30-27(20-37)31(22(2)38)41-36(30)19-24-11-9-10-23(16-24)14-15-34(5,40)25-12-7-6-8-13-25/h6-13,16,21-22,26-31,37-38,40H,17-20H2,1-5H3,(H,35,39)/t21-,22-,26-,27?,28+,29-,30-,31-,34?/m0/s1. The summed E-state index contributed by atoms with van der Waals surface area (Å²) >= 11 is 0. The zero-order valence-corrected chi connectivity index (χ0v) is 24.7. The number of amides is 1. The number of carbonyl (C=O) groups excluding carboxylic acids is 1. The summed E-state index contributed by atoms with van der Waals surface area (Å²) in [4.78, 5) is 20.0. The Morgan fingerprint density at radius 1 is 1.20 bits per heavy atom. The van der Waals surface area contributed by atoms with E-state index < -0.39 is 29.8 Å². The molecular weight excluding hydrogens is 516 g/mol. The second kappa shape index (κ2) is 11.5. The minimum absolute atomic E-state index is 0.0853. The fourth-order valence-corrected chi connectivity index (χ4v) is 7.37. The van der Waals surface area contributed by atoms with Gasteiger partial charge in [0.2, 0.25) is 5.91 Å². The third kappa shape index (κ3) is 5.82. The number of fused-ring (bicyclic) bond motifs is 2. The molecule has 1 aliphatic heterocycles. The molecule has 3 saturated carbocycles. The van der Waals surface area contributed by atoms with Gasteiger partial charge in [-0.2, -0.15) is 5.06 Å². The highest BCUT2D eigenvalue weighted by Gasteiger charge is 2.57. The van der Waals surface area contributed by atoms with Gasteiger partial charge in [0.15, 0.2) is 0 Å². The molecule has 0 radical (unpaired) electrons. The Morgan fingerprint density at radius 3 is 2.56 bits per heavy atom. The first-order valence-electron chi connectivity index (χ1n) is 14.8. The van der Waals surface area contributed by atoms with Crippen molar-refractivity contribution >= 4 is 5.91 Å². The molecule has 2 aromatic rings. The van der Waals surface area contributed by atoms with Crippen molar-refractivity contribution in [2.75, 3.05) is 6.61 Å². The largest absolute Gasteiger partial charge is 0.396 e. The first-order valence-corrected chi connectivity index (χ1v) is 14.8. The van der Waals surface area contributed by atoms with Crippen LogP contribution in [0.3, 0.4) is 0 Å². The summed E-state index contributed by atoms with van der Waals surface area (Å²) in [5.74, 6) is 6.89. The highest BCUT2D eigenvalue weighted by molar-refractivity contribution is 5.82. The van der Waals surface area contributed by atoms with Crippen molar-refractivity contribution in [1.82, 2.24) is 10.4 Å². The maximum Gasteiger partial charge on any atom is 0.240 e. The monoisotopic (exact) mass is 560 g/mol. The maximum absolute atomic E-state index is 13.8. The summed E-state index contributed by atoms with van der Waals surface area (Å²) in [6, 6.07) is 16.3. The van der Waals surface area contributed by atoms with Crippen molar-refractivity contribution < 1.29 is 25.0 Å². The van der Waals surface area contributed by atoms with Crippen LogP contribution in [0.25, 0.3) is 0 Å². The van der Waals surface area contributed by atoms with Crippen molar-refractivity contribution in [3.8, 4) is 11.8 Å². The number of carbonyl (C=O) groups is 1. The van der Waals surface area contributed by atoms with Gasteiger partial charge in [-0.05, 0) is 73.1 Å². The number of nitrogens with zero attached hydrogens (tertiary/aromatic N) is 1. The number of hydroxylamine groups is 2. The summed E-state index contributed by atoms with van der Waals surface area (Å²) in [5.41, 5.74) is 1.32. The number of aliphatic hydroxyl groups excluding tert-OH is 2. The maximum atomic E-state index is 13.8. The van der Waals surface area contributed by atoms with Gasteiger partial charge in [0, 0.05) is 17.5 Å². The molecule has 4 aliphatic rings. The van der Waals surface area contributed by atoms with E-state index >= 15 is 0 Å². The summed E-state index contributed by atoms with van der Waals surface area (Å²) in [7, 11) is 0. The Hall–Kier alpha value is -2.73. The molecule has 1 saturated heterocycles. The van der Waals surface area contributed by atoms with E-state index in [9.17, 15) is 20.1 Å². The number of rotatable bonds is 7. The average Bonchev–Trinajstić information content (AvgIpc) is 3.32. The fourth-order valence-electron chi connectivity index (χ4n) is 7.37. The number of hydrogen-bond acceptors (Lipinski definition) is 6. The first-order chi connectivity index (χ1) is 19.4. The number of hydrogen-bond donors (Lipinski definition) is 4. The predicted octanol–water partition coefficient (Wildman–Crippen LogP) is 3.61. The lowest BCUT2D eigenvalue weighted by atomic mass is 9.45. The quantitative estimate of drug-likeness (QED) is 0.386. The Balaban J connectivity index is 1.34. The molecule has 3 aliphatic carbocycles. The SMILES string of the molecule is C[C@@H]1[C@@H](NC(=O)[C@@H]2C(CO)[C@H]([C@H](C)O)ON2Cc2cccc(C#CC(C)(O)c3ccccc3)c2)C[C@@H]2C[C@H]1C2(C)C. The van der Waals surface area contributed by atoms with Gasteiger partial charge >= 0.3 is 0 Å². The van der Waals surface area contributed by atoms with E-state index in [1.54, 1.807) is 18.9 Å². The highest BCUT2D eigenvalue weighted by atomic mass is 16.7. The number of benzene rings is 2. The van der Waals surface area contributed by atoms with Crippen LogP contribution in [0.4, 0.5) is 0 Å². The molecule has 7 heteroatoms. The summed E-state index contributed by atoms with van der Waals surface area (Å²) in [5, 5.41) is 36.6. The van der Waals surface area contributed by atoms with E-state index in [1.807, 2.05) is 54.6 Å². The van der Waals surface area contributed by atoms with E-state index in [4.69, 9.17) is 4.84 Å². The number of nitrogens with one attached hydrogen (secondary N) is 1.